The van der Waals surface area contributed by atoms with Crippen LogP contribution in [0.3, 0.4) is 0 Å². The van der Waals surface area contributed by atoms with Crippen LogP contribution in [-0.4, -0.2) is 43.5 Å². The van der Waals surface area contributed by atoms with Crippen LogP contribution >= 0.6 is 12.4 Å². The van der Waals surface area contributed by atoms with E-state index in [1.807, 2.05) is 24.3 Å². The van der Waals surface area contributed by atoms with Gasteiger partial charge in [-0.15, -0.1) is 12.4 Å². The molecule has 0 amide bonds. The molecule has 2 aromatic carbocycles. The van der Waals surface area contributed by atoms with Gasteiger partial charge in [0.25, 0.3) is 0 Å². The van der Waals surface area contributed by atoms with Gasteiger partial charge in [-0.05, 0) is 36.8 Å². The predicted molar refractivity (Wildman–Crippen MR) is 103 cm³/mol. The lowest BCUT2D eigenvalue weighted by Gasteiger charge is -2.36. The molecule has 0 aliphatic carbocycles. The van der Waals surface area contributed by atoms with E-state index in [0.717, 1.165) is 31.7 Å². The largest absolute Gasteiger partial charge is 0.491 e. The fourth-order valence-corrected chi connectivity index (χ4v) is 3.21. The molecule has 1 N–H and O–H groups in total. The summed E-state index contributed by atoms with van der Waals surface area (Å²) in [5.74, 6) is 0.400. The van der Waals surface area contributed by atoms with Gasteiger partial charge in [-0.1, -0.05) is 24.3 Å². The van der Waals surface area contributed by atoms with Crippen molar-refractivity contribution in [1.29, 1.82) is 0 Å². The highest BCUT2D eigenvalue weighted by Gasteiger charge is 2.24. The number of rotatable bonds is 6. The number of ketones is 1. The third kappa shape index (κ3) is 5.04. The number of nitrogens with one attached hydrogen (secondary N) is 1. The zero-order valence-corrected chi connectivity index (χ0v) is 15.6. The molecule has 3 rings (SSSR count). The van der Waals surface area contributed by atoms with Gasteiger partial charge in [0.05, 0.1) is 5.56 Å². The molecule has 26 heavy (non-hydrogen) atoms. The number of piperazine rings is 1. The summed E-state index contributed by atoms with van der Waals surface area (Å²) in [5, 5.41) is 3.37. The van der Waals surface area contributed by atoms with Crippen molar-refractivity contribution in [2.45, 2.75) is 13.0 Å². The van der Waals surface area contributed by atoms with Gasteiger partial charge in [-0.2, -0.15) is 0 Å². The van der Waals surface area contributed by atoms with Crippen molar-refractivity contribution >= 4 is 18.2 Å². The fraction of sp³-hybridized carbons (Fsp3) is 0.350. The van der Waals surface area contributed by atoms with E-state index >= 15 is 0 Å². The Hall–Kier alpha value is -1.95. The number of ether oxygens (including phenoxy) is 1. The summed E-state index contributed by atoms with van der Waals surface area (Å²) in [5.41, 5.74) is 1.57. The average Bonchev–Trinajstić information content (AvgIpc) is 2.62. The number of carbonyl (C=O) groups is 1. The second kappa shape index (κ2) is 9.67. The number of benzene rings is 2. The first kappa shape index (κ1) is 20.4. The van der Waals surface area contributed by atoms with Gasteiger partial charge in [-0.25, -0.2) is 4.39 Å². The minimum absolute atomic E-state index is 0. The Bertz CT molecular complexity index is 741. The van der Waals surface area contributed by atoms with Crippen molar-refractivity contribution in [1.82, 2.24) is 10.2 Å². The van der Waals surface area contributed by atoms with Crippen LogP contribution in [0.2, 0.25) is 0 Å². The monoisotopic (exact) mass is 378 g/mol. The zero-order chi connectivity index (χ0) is 17.6. The summed E-state index contributed by atoms with van der Waals surface area (Å²) in [6.07, 6.45) is 0. The van der Waals surface area contributed by atoms with E-state index < -0.39 is 0 Å². The van der Waals surface area contributed by atoms with Crippen LogP contribution in [0.1, 0.15) is 28.9 Å². The van der Waals surface area contributed by atoms with E-state index in [0.29, 0.717) is 17.9 Å². The minimum Gasteiger partial charge on any atom is -0.491 e. The van der Waals surface area contributed by atoms with E-state index in [-0.39, 0.29) is 30.0 Å². The van der Waals surface area contributed by atoms with Gasteiger partial charge < -0.3 is 10.1 Å². The number of carbonyl (C=O) groups excluding carboxylic acids is 1. The molecule has 1 atom stereocenters. The Labute approximate surface area is 159 Å². The first-order valence-corrected chi connectivity index (χ1v) is 8.58. The Kier molecular flexibility index (Phi) is 7.57. The molecule has 1 fully saturated rings. The van der Waals surface area contributed by atoms with Crippen molar-refractivity contribution in [3.63, 3.8) is 0 Å². The van der Waals surface area contributed by atoms with Crippen molar-refractivity contribution in [3.05, 3.63) is 65.5 Å². The second-order valence-corrected chi connectivity index (χ2v) is 6.21. The van der Waals surface area contributed by atoms with Crippen LogP contribution in [0.5, 0.6) is 5.75 Å². The maximum absolute atomic E-state index is 13.5. The number of Topliss-reactive ketones (excluding diaryl/α,β-unsaturated/α-hetero) is 1. The van der Waals surface area contributed by atoms with E-state index in [9.17, 15) is 9.18 Å². The molecule has 0 saturated carbocycles. The topological polar surface area (TPSA) is 41.6 Å². The maximum Gasteiger partial charge on any atom is 0.163 e. The van der Waals surface area contributed by atoms with Gasteiger partial charge >= 0.3 is 0 Å². The molecule has 6 heteroatoms. The first-order chi connectivity index (χ1) is 12.1. The van der Waals surface area contributed by atoms with E-state index in [4.69, 9.17) is 4.74 Å². The Morgan fingerprint density at radius 1 is 1.27 bits per heavy atom. The Morgan fingerprint density at radius 3 is 2.85 bits per heavy atom. The third-order valence-corrected chi connectivity index (χ3v) is 4.49. The predicted octanol–water partition coefficient (Wildman–Crippen LogP) is 3.48. The number of para-hydroxylation sites is 1. The van der Waals surface area contributed by atoms with Crippen molar-refractivity contribution in [3.8, 4) is 5.75 Å². The summed E-state index contributed by atoms with van der Waals surface area (Å²) < 4.78 is 19.4. The highest BCUT2D eigenvalue weighted by molar-refractivity contribution is 5.96. The van der Waals surface area contributed by atoms with Crippen LogP contribution in [0.4, 0.5) is 4.39 Å². The lowest BCUT2D eigenvalue weighted by Crippen LogP contribution is -2.47. The van der Waals surface area contributed by atoms with Crippen molar-refractivity contribution in [2.75, 3.05) is 32.8 Å². The summed E-state index contributed by atoms with van der Waals surface area (Å²) in [6, 6.07) is 14.2. The standard InChI is InChI=1S/C20H23FN2O2.ClH/c1-15(24)18-7-2-3-8-20(18)25-12-11-23-10-9-22-14-19(23)16-5-4-6-17(21)13-16;/h2-8,13,19,22H,9-12,14H2,1H3;1H. The summed E-state index contributed by atoms with van der Waals surface area (Å²) >= 11 is 0. The van der Waals surface area contributed by atoms with Gasteiger partial charge in [-0.3, -0.25) is 9.69 Å². The molecule has 0 bridgehead atoms. The number of nitrogens with zero attached hydrogens (tertiary/aromatic N) is 1. The first-order valence-electron chi connectivity index (χ1n) is 8.58. The van der Waals surface area contributed by atoms with Crippen LogP contribution in [0, 0.1) is 5.82 Å². The Morgan fingerprint density at radius 2 is 2.08 bits per heavy atom. The molecule has 1 saturated heterocycles. The highest BCUT2D eigenvalue weighted by atomic mass is 35.5. The van der Waals surface area contributed by atoms with E-state index in [1.165, 1.54) is 6.07 Å². The second-order valence-electron chi connectivity index (χ2n) is 6.21. The van der Waals surface area contributed by atoms with E-state index in [2.05, 4.69) is 10.2 Å². The van der Waals surface area contributed by atoms with Gasteiger partial charge in [0.15, 0.2) is 5.78 Å². The summed E-state index contributed by atoms with van der Waals surface area (Å²) in [4.78, 5) is 14.0. The molecule has 1 aliphatic rings. The molecule has 1 heterocycles. The highest BCUT2D eigenvalue weighted by Crippen LogP contribution is 2.23. The normalized spacial score (nSPS) is 17.4. The molecule has 0 spiro atoms. The summed E-state index contributed by atoms with van der Waals surface area (Å²) in [6.45, 7) is 5.30. The van der Waals surface area contributed by atoms with Gasteiger partial charge in [0.2, 0.25) is 0 Å². The molecule has 1 aliphatic heterocycles. The molecule has 1 unspecified atom stereocenters. The molecule has 4 nitrogen and oxygen atoms in total. The molecule has 140 valence electrons. The minimum atomic E-state index is -0.213. The SMILES string of the molecule is CC(=O)c1ccccc1OCCN1CCNCC1c1cccc(F)c1.Cl. The number of hydrogen-bond donors (Lipinski definition) is 1. The van der Waals surface area contributed by atoms with Crippen LogP contribution in [-0.2, 0) is 0 Å². The number of halogens is 2. The third-order valence-electron chi connectivity index (χ3n) is 4.49. The zero-order valence-electron chi connectivity index (χ0n) is 14.8. The average molecular weight is 379 g/mol. The van der Waals surface area contributed by atoms with Crippen molar-refractivity contribution in [2.24, 2.45) is 0 Å². The fourth-order valence-electron chi connectivity index (χ4n) is 3.21. The Balaban J connectivity index is 0.00000243. The molecule has 0 aromatic heterocycles. The molecule has 2 aromatic rings. The lowest BCUT2D eigenvalue weighted by atomic mass is 10.0. The smallest absolute Gasteiger partial charge is 0.163 e. The van der Waals surface area contributed by atoms with Gasteiger partial charge in [0, 0.05) is 32.2 Å². The van der Waals surface area contributed by atoms with E-state index in [1.54, 1.807) is 25.1 Å². The molecular formula is C20H24ClFN2O2. The summed E-state index contributed by atoms with van der Waals surface area (Å²) in [7, 11) is 0. The van der Waals surface area contributed by atoms with Crippen LogP contribution in [0.15, 0.2) is 48.5 Å². The van der Waals surface area contributed by atoms with Crippen molar-refractivity contribution < 1.29 is 13.9 Å². The molecular weight excluding hydrogens is 355 g/mol. The maximum atomic E-state index is 13.5. The van der Waals surface area contributed by atoms with Gasteiger partial charge in [0.1, 0.15) is 18.2 Å². The van der Waals surface area contributed by atoms with Crippen LogP contribution < -0.4 is 10.1 Å². The lowest BCUT2D eigenvalue weighted by molar-refractivity contribution is 0.101. The van der Waals surface area contributed by atoms with Crippen LogP contribution in [0.25, 0.3) is 0 Å². The molecule has 0 radical (unpaired) electrons. The number of hydrogen-bond acceptors (Lipinski definition) is 4. The quantitative estimate of drug-likeness (QED) is 0.781.